The second-order valence-electron chi connectivity index (χ2n) is 5.90. The molecule has 1 saturated carbocycles. The van der Waals surface area contributed by atoms with E-state index in [-0.39, 0.29) is 12.5 Å². The molecule has 1 heterocycles. The molecular formula is C17H19N3O5. The molecule has 132 valence electrons. The van der Waals surface area contributed by atoms with Crippen LogP contribution in [0.2, 0.25) is 0 Å². The van der Waals surface area contributed by atoms with Crippen molar-refractivity contribution in [3.63, 3.8) is 0 Å². The summed E-state index contributed by atoms with van der Waals surface area (Å²) in [6.45, 7) is 2.08. The highest BCUT2D eigenvalue weighted by atomic mass is 16.5. The predicted molar refractivity (Wildman–Crippen MR) is 86.1 cm³/mol. The van der Waals surface area contributed by atoms with Gasteiger partial charge < -0.3 is 19.7 Å². The Bertz CT molecular complexity index is 752. The summed E-state index contributed by atoms with van der Waals surface area (Å²) in [5.41, 5.74) is 0.382. The van der Waals surface area contributed by atoms with Crippen molar-refractivity contribution in [2.75, 3.05) is 0 Å². The van der Waals surface area contributed by atoms with Crippen LogP contribution >= 0.6 is 0 Å². The molecule has 0 bridgehead atoms. The van der Waals surface area contributed by atoms with E-state index in [1.54, 1.807) is 24.3 Å². The maximum absolute atomic E-state index is 12.2. The predicted octanol–water partition coefficient (Wildman–Crippen LogP) is 1.80. The number of aromatic nitrogens is 2. The van der Waals surface area contributed by atoms with Gasteiger partial charge in [-0.25, -0.2) is 4.79 Å². The Morgan fingerprint density at radius 2 is 2.08 bits per heavy atom. The molecule has 8 heteroatoms. The van der Waals surface area contributed by atoms with Gasteiger partial charge in [0, 0.05) is 12.0 Å². The van der Waals surface area contributed by atoms with Crippen molar-refractivity contribution in [3.05, 3.63) is 41.5 Å². The fourth-order valence-corrected chi connectivity index (χ4v) is 2.38. The van der Waals surface area contributed by atoms with E-state index in [1.807, 2.05) is 6.92 Å². The van der Waals surface area contributed by atoms with Gasteiger partial charge >= 0.3 is 5.97 Å². The molecule has 1 aliphatic rings. The summed E-state index contributed by atoms with van der Waals surface area (Å²) in [6.07, 6.45) is 2.33. The van der Waals surface area contributed by atoms with Crippen LogP contribution in [0.15, 0.2) is 28.8 Å². The molecule has 1 aliphatic carbocycles. The zero-order valence-corrected chi connectivity index (χ0v) is 13.8. The molecule has 1 amide bonds. The third-order valence-electron chi connectivity index (χ3n) is 3.94. The van der Waals surface area contributed by atoms with E-state index in [4.69, 9.17) is 14.4 Å². The summed E-state index contributed by atoms with van der Waals surface area (Å²) < 4.78 is 10.5. The SMILES string of the molecule is CCc1nc(COc2ccc(C(=O)NC(C(=O)O)C3CC3)cc2)no1. The lowest BCUT2D eigenvalue weighted by Gasteiger charge is -2.13. The van der Waals surface area contributed by atoms with Crippen LogP contribution in [0.5, 0.6) is 5.75 Å². The summed E-state index contributed by atoms with van der Waals surface area (Å²) in [4.78, 5) is 27.5. The van der Waals surface area contributed by atoms with E-state index in [2.05, 4.69) is 15.5 Å². The highest BCUT2D eigenvalue weighted by molar-refractivity contribution is 5.96. The molecule has 1 aromatic heterocycles. The summed E-state index contributed by atoms with van der Waals surface area (Å²) in [5.74, 6) is 0.184. The normalized spacial score (nSPS) is 14.8. The Morgan fingerprint density at radius 1 is 1.36 bits per heavy atom. The van der Waals surface area contributed by atoms with Crippen LogP contribution in [-0.4, -0.2) is 33.2 Å². The summed E-state index contributed by atoms with van der Waals surface area (Å²) in [7, 11) is 0. The van der Waals surface area contributed by atoms with Crippen molar-refractivity contribution in [2.24, 2.45) is 5.92 Å². The molecule has 2 aromatic rings. The van der Waals surface area contributed by atoms with Gasteiger partial charge in [0.05, 0.1) is 0 Å². The lowest BCUT2D eigenvalue weighted by Crippen LogP contribution is -2.42. The number of hydrogen-bond donors (Lipinski definition) is 2. The topological polar surface area (TPSA) is 115 Å². The number of hydrogen-bond acceptors (Lipinski definition) is 6. The first-order valence-electron chi connectivity index (χ1n) is 8.14. The minimum absolute atomic E-state index is 0.0343. The highest BCUT2D eigenvalue weighted by Crippen LogP contribution is 2.32. The Morgan fingerprint density at radius 3 is 2.64 bits per heavy atom. The van der Waals surface area contributed by atoms with Gasteiger partial charge in [-0.3, -0.25) is 4.79 Å². The van der Waals surface area contributed by atoms with Crippen molar-refractivity contribution < 1.29 is 24.0 Å². The monoisotopic (exact) mass is 345 g/mol. The van der Waals surface area contributed by atoms with Crippen LogP contribution in [0.3, 0.4) is 0 Å². The Balaban J connectivity index is 1.55. The number of rotatable bonds is 8. The number of nitrogens with zero attached hydrogens (tertiary/aromatic N) is 2. The fourth-order valence-electron chi connectivity index (χ4n) is 2.38. The number of nitrogens with one attached hydrogen (secondary N) is 1. The Kier molecular flexibility index (Phi) is 4.97. The first-order chi connectivity index (χ1) is 12.1. The van der Waals surface area contributed by atoms with Crippen molar-refractivity contribution in [3.8, 4) is 5.75 Å². The van der Waals surface area contributed by atoms with Gasteiger partial charge in [-0.1, -0.05) is 12.1 Å². The lowest BCUT2D eigenvalue weighted by molar-refractivity contribution is -0.139. The van der Waals surface area contributed by atoms with Gasteiger partial charge in [0.15, 0.2) is 6.61 Å². The van der Waals surface area contributed by atoms with Crippen LogP contribution in [-0.2, 0) is 17.8 Å². The van der Waals surface area contributed by atoms with E-state index in [9.17, 15) is 9.59 Å². The average Bonchev–Trinajstić information content (AvgIpc) is 3.35. The molecule has 1 atom stereocenters. The number of carboxylic acids is 1. The molecule has 0 radical (unpaired) electrons. The molecule has 0 spiro atoms. The summed E-state index contributed by atoms with van der Waals surface area (Å²) in [6, 6.07) is 5.63. The average molecular weight is 345 g/mol. The van der Waals surface area contributed by atoms with Gasteiger partial charge in [0.1, 0.15) is 11.8 Å². The molecule has 8 nitrogen and oxygen atoms in total. The van der Waals surface area contributed by atoms with Gasteiger partial charge in [-0.2, -0.15) is 4.98 Å². The van der Waals surface area contributed by atoms with E-state index >= 15 is 0 Å². The van der Waals surface area contributed by atoms with Crippen LogP contribution in [0.25, 0.3) is 0 Å². The third kappa shape index (κ3) is 4.34. The number of aryl methyl sites for hydroxylation is 1. The maximum Gasteiger partial charge on any atom is 0.326 e. The Hall–Kier alpha value is -2.90. The van der Waals surface area contributed by atoms with Crippen molar-refractivity contribution >= 4 is 11.9 Å². The number of carbonyl (C=O) groups is 2. The largest absolute Gasteiger partial charge is 0.485 e. The van der Waals surface area contributed by atoms with E-state index in [0.717, 1.165) is 12.8 Å². The second kappa shape index (κ2) is 7.33. The van der Waals surface area contributed by atoms with E-state index in [0.29, 0.717) is 29.4 Å². The second-order valence-corrected chi connectivity index (χ2v) is 5.90. The zero-order chi connectivity index (χ0) is 17.8. The number of amides is 1. The zero-order valence-electron chi connectivity index (χ0n) is 13.8. The first kappa shape index (κ1) is 16.9. The minimum atomic E-state index is -0.998. The van der Waals surface area contributed by atoms with Crippen LogP contribution in [0, 0.1) is 5.92 Å². The standard InChI is InChI=1S/C17H19N3O5/c1-2-14-18-13(20-25-14)9-24-12-7-5-11(6-8-12)16(21)19-15(17(22)23)10-3-4-10/h5-8,10,15H,2-4,9H2,1H3,(H,19,21)(H,22,23). The van der Waals surface area contributed by atoms with Crippen molar-refractivity contribution in [1.82, 2.24) is 15.5 Å². The van der Waals surface area contributed by atoms with Gasteiger partial charge in [-0.15, -0.1) is 0 Å². The van der Waals surface area contributed by atoms with Crippen LogP contribution in [0.1, 0.15) is 41.8 Å². The first-order valence-corrected chi connectivity index (χ1v) is 8.14. The fraction of sp³-hybridized carbons (Fsp3) is 0.412. The van der Waals surface area contributed by atoms with Crippen molar-refractivity contribution in [1.29, 1.82) is 0 Å². The number of ether oxygens (including phenoxy) is 1. The molecule has 0 aliphatic heterocycles. The number of carboxylic acid groups (broad SMARTS) is 1. The quantitative estimate of drug-likeness (QED) is 0.749. The molecule has 1 fully saturated rings. The van der Waals surface area contributed by atoms with E-state index < -0.39 is 17.9 Å². The van der Waals surface area contributed by atoms with Gasteiger partial charge in [0.25, 0.3) is 5.91 Å². The van der Waals surface area contributed by atoms with Gasteiger partial charge in [-0.05, 0) is 43.0 Å². The van der Waals surface area contributed by atoms with Gasteiger partial charge in [0.2, 0.25) is 11.7 Å². The highest BCUT2D eigenvalue weighted by Gasteiger charge is 2.37. The molecule has 0 saturated heterocycles. The molecule has 1 unspecified atom stereocenters. The number of aliphatic carboxylic acids is 1. The van der Waals surface area contributed by atoms with Crippen LogP contribution < -0.4 is 10.1 Å². The maximum atomic E-state index is 12.2. The summed E-state index contributed by atoms with van der Waals surface area (Å²) in [5, 5.41) is 15.5. The minimum Gasteiger partial charge on any atom is -0.485 e. The summed E-state index contributed by atoms with van der Waals surface area (Å²) >= 11 is 0. The molecule has 25 heavy (non-hydrogen) atoms. The number of benzene rings is 1. The third-order valence-corrected chi connectivity index (χ3v) is 3.94. The Labute approximate surface area is 144 Å². The number of carbonyl (C=O) groups excluding carboxylic acids is 1. The molecule has 2 N–H and O–H groups in total. The van der Waals surface area contributed by atoms with Crippen molar-refractivity contribution in [2.45, 2.75) is 38.8 Å². The molecule has 1 aromatic carbocycles. The van der Waals surface area contributed by atoms with Crippen LogP contribution in [0.4, 0.5) is 0 Å². The van der Waals surface area contributed by atoms with E-state index in [1.165, 1.54) is 0 Å². The smallest absolute Gasteiger partial charge is 0.326 e. The molecule has 3 rings (SSSR count). The lowest BCUT2D eigenvalue weighted by atomic mass is 10.1. The molecular weight excluding hydrogens is 326 g/mol.